The van der Waals surface area contributed by atoms with E-state index in [0.717, 1.165) is 6.42 Å². The molecular weight excluding hydrogens is 284 g/mol. The van der Waals surface area contributed by atoms with E-state index in [-0.39, 0.29) is 5.54 Å². The third kappa shape index (κ3) is 3.63. The zero-order chi connectivity index (χ0) is 14.9. The molecule has 2 N–H and O–H groups in total. The van der Waals surface area contributed by atoms with E-state index >= 15 is 0 Å². The molecule has 0 saturated carbocycles. The van der Waals surface area contributed by atoms with E-state index in [2.05, 4.69) is 53.0 Å². The Bertz CT molecular complexity index is 599. The van der Waals surface area contributed by atoms with Gasteiger partial charge < -0.3 is 15.1 Å². The molecule has 1 aliphatic rings. The van der Waals surface area contributed by atoms with Gasteiger partial charge in [0.1, 0.15) is 0 Å². The maximum Gasteiger partial charge on any atom is 0.315 e. The highest BCUT2D eigenvalue weighted by Gasteiger charge is 2.22. The first kappa shape index (κ1) is 14.5. The van der Waals surface area contributed by atoms with E-state index in [1.807, 2.05) is 11.3 Å². The summed E-state index contributed by atoms with van der Waals surface area (Å²) in [6, 6.07) is 3.02. The standard InChI is InChI=1S/C15H22N4OS/c1-15(2,3)16-9-13-18-19-14(20-13)17-11-5-4-6-12-10(11)7-8-21-12/h7-8,11,16H,4-6,9H2,1-3H3,(H,17,19). The summed E-state index contributed by atoms with van der Waals surface area (Å²) in [4.78, 5) is 1.48. The molecule has 2 aromatic rings. The Morgan fingerprint density at radius 1 is 1.38 bits per heavy atom. The summed E-state index contributed by atoms with van der Waals surface area (Å²) in [5.41, 5.74) is 1.43. The van der Waals surface area contributed by atoms with Crippen LogP contribution < -0.4 is 10.6 Å². The lowest BCUT2D eigenvalue weighted by Gasteiger charge is -2.22. The first-order chi connectivity index (χ1) is 10.0. The van der Waals surface area contributed by atoms with Gasteiger partial charge in [-0.05, 0) is 57.0 Å². The zero-order valence-electron chi connectivity index (χ0n) is 12.8. The second-order valence-corrected chi connectivity index (χ2v) is 7.49. The normalized spacial score (nSPS) is 18.5. The molecule has 0 saturated heterocycles. The highest BCUT2D eigenvalue weighted by molar-refractivity contribution is 7.10. The van der Waals surface area contributed by atoms with E-state index in [1.54, 1.807) is 0 Å². The topological polar surface area (TPSA) is 63.0 Å². The molecule has 21 heavy (non-hydrogen) atoms. The molecule has 114 valence electrons. The van der Waals surface area contributed by atoms with Gasteiger partial charge in [0.25, 0.3) is 0 Å². The Morgan fingerprint density at radius 2 is 2.24 bits per heavy atom. The Kier molecular flexibility index (Phi) is 3.99. The zero-order valence-corrected chi connectivity index (χ0v) is 13.6. The largest absolute Gasteiger partial charge is 0.407 e. The summed E-state index contributed by atoms with van der Waals surface area (Å²) in [6.07, 6.45) is 3.51. The number of aromatic nitrogens is 2. The van der Waals surface area contributed by atoms with Gasteiger partial charge in [-0.3, -0.25) is 0 Å². The Labute approximate surface area is 129 Å². The summed E-state index contributed by atoms with van der Waals surface area (Å²) in [5.74, 6) is 0.619. The first-order valence-electron chi connectivity index (χ1n) is 7.41. The molecule has 3 rings (SSSR count). The maximum absolute atomic E-state index is 5.68. The van der Waals surface area contributed by atoms with Gasteiger partial charge in [0.05, 0.1) is 12.6 Å². The van der Waals surface area contributed by atoms with Crippen LogP contribution in [0.5, 0.6) is 0 Å². The third-order valence-electron chi connectivity index (χ3n) is 3.59. The first-order valence-corrected chi connectivity index (χ1v) is 8.29. The molecule has 0 bridgehead atoms. The van der Waals surface area contributed by atoms with Crippen molar-refractivity contribution in [3.63, 3.8) is 0 Å². The number of anilines is 1. The lowest BCUT2D eigenvalue weighted by atomic mass is 9.94. The average Bonchev–Trinajstić information content (AvgIpc) is 3.04. The fourth-order valence-electron chi connectivity index (χ4n) is 2.51. The molecule has 0 aliphatic heterocycles. The van der Waals surface area contributed by atoms with Crippen LogP contribution in [0, 0.1) is 0 Å². The summed E-state index contributed by atoms with van der Waals surface area (Å²) in [7, 11) is 0. The van der Waals surface area contributed by atoms with Crippen molar-refractivity contribution in [2.24, 2.45) is 0 Å². The second-order valence-electron chi connectivity index (χ2n) is 6.49. The molecule has 0 spiro atoms. The predicted octanol–water partition coefficient (Wildman–Crippen LogP) is 3.51. The van der Waals surface area contributed by atoms with Gasteiger partial charge in [-0.25, -0.2) is 0 Å². The van der Waals surface area contributed by atoms with Crippen LogP contribution in [0.3, 0.4) is 0 Å². The van der Waals surface area contributed by atoms with Gasteiger partial charge in [-0.2, -0.15) is 0 Å². The van der Waals surface area contributed by atoms with Crippen molar-refractivity contribution >= 4 is 17.4 Å². The van der Waals surface area contributed by atoms with Crippen molar-refractivity contribution in [1.82, 2.24) is 15.5 Å². The molecule has 0 aromatic carbocycles. The monoisotopic (exact) mass is 306 g/mol. The van der Waals surface area contributed by atoms with Gasteiger partial charge in [0.2, 0.25) is 5.89 Å². The molecule has 2 aromatic heterocycles. The average molecular weight is 306 g/mol. The number of thiophene rings is 1. The van der Waals surface area contributed by atoms with Gasteiger partial charge in [0.15, 0.2) is 0 Å². The van der Waals surface area contributed by atoms with Crippen molar-refractivity contribution < 1.29 is 4.42 Å². The number of nitrogens with zero attached hydrogens (tertiary/aromatic N) is 2. The smallest absolute Gasteiger partial charge is 0.315 e. The number of nitrogens with one attached hydrogen (secondary N) is 2. The highest BCUT2D eigenvalue weighted by Crippen LogP contribution is 2.35. The number of rotatable bonds is 4. The maximum atomic E-state index is 5.68. The minimum atomic E-state index is 0.0387. The van der Waals surface area contributed by atoms with E-state index in [9.17, 15) is 0 Å². The van der Waals surface area contributed by atoms with Crippen LogP contribution >= 0.6 is 11.3 Å². The van der Waals surface area contributed by atoms with E-state index in [1.165, 1.54) is 23.3 Å². The van der Waals surface area contributed by atoms with Crippen LogP contribution in [-0.2, 0) is 13.0 Å². The molecule has 1 atom stereocenters. The summed E-state index contributed by atoms with van der Waals surface area (Å²) in [5, 5.41) is 17.1. The second kappa shape index (κ2) is 5.77. The fourth-order valence-corrected chi connectivity index (χ4v) is 3.50. The Hall–Kier alpha value is -1.40. The van der Waals surface area contributed by atoms with Crippen LogP contribution in [0.4, 0.5) is 6.01 Å². The SMILES string of the molecule is CC(C)(C)NCc1nnc(NC2CCCc3sccc32)o1. The van der Waals surface area contributed by atoms with Gasteiger partial charge in [-0.15, -0.1) is 16.4 Å². The van der Waals surface area contributed by atoms with Crippen LogP contribution in [0.15, 0.2) is 15.9 Å². The molecule has 0 fully saturated rings. The van der Waals surface area contributed by atoms with E-state index < -0.39 is 0 Å². The third-order valence-corrected chi connectivity index (χ3v) is 4.58. The quantitative estimate of drug-likeness (QED) is 0.905. The van der Waals surface area contributed by atoms with Crippen molar-refractivity contribution in [2.45, 2.75) is 58.2 Å². The molecule has 5 nitrogen and oxygen atoms in total. The van der Waals surface area contributed by atoms with Gasteiger partial charge in [-0.1, -0.05) is 5.10 Å². The molecule has 1 unspecified atom stereocenters. The van der Waals surface area contributed by atoms with Gasteiger partial charge in [0, 0.05) is 10.4 Å². The number of hydrogen-bond donors (Lipinski definition) is 2. The van der Waals surface area contributed by atoms with Crippen LogP contribution in [-0.4, -0.2) is 15.7 Å². The summed E-state index contributed by atoms with van der Waals surface area (Å²) in [6.45, 7) is 6.93. The number of fused-ring (bicyclic) bond motifs is 1. The number of hydrogen-bond acceptors (Lipinski definition) is 6. The van der Waals surface area contributed by atoms with Crippen molar-refractivity contribution in [3.05, 3.63) is 27.8 Å². The van der Waals surface area contributed by atoms with E-state index in [4.69, 9.17) is 4.42 Å². The summed E-state index contributed by atoms with van der Waals surface area (Å²) < 4.78 is 5.68. The van der Waals surface area contributed by atoms with Crippen molar-refractivity contribution in [1.29, 1.82) is 0 Å². The van der Waals surface area contributed by atoms with Crippen molar-refractivity contribution in [3.8, 4) is 0 Å². The molecule has 1 aliphatic carbocycles. The van der Waals surface area contributed by atoms with Crippen LogP contribution in [0.2, 0.25) is 0 Å². The van der Waals surface area contributed by atoms with Crippen LogP contribution in [0.25, 0.3) is 0 Å². The van der Waals surface area contributed by atoms with Gasteiger partial charge >= 0.3 is 6.01 Å². The van der Waals surface area contributed by atoms with Crippen LogP contribution in [0.1, 0.15) is 56.0 Å². The lowest BCUT2D eigenvalue weighted by Crippen LogP contribution is -2.35. The fraction of sp³-hybridized carbons (Fsp3) is 0.600. The predicted molar refractivity (Wildman–Crippen MR) is 84.5 cm³/mol. The number of aryl methyl sites for hydroxylation is 1. The Morgan fingerprint density at radius 3 is 3.05 bits per heavy atom. The van der Waals surface area contributed by atoms with Crippen molar-refractivity contribution in [2.75, 3.05) is 5.32 Å². The minimum absolute atomic E-state index is 0.0387. The highest BCUT2D eigenvalue weighted by atomic mass is 32.1. The molecular formula is C15H22N4OS. The lowest BCUT2D eigenvalue weighted by molar-refractivity contribution is 0.382. The molecule has 0 radical (unpaired) electrons. The summed E-state index contributed by atoms with van der Waals surface area (Å²) >= 11 is 1.84. The molecule has 0 amide bonds. The molecule has 6 heteroatoms. The minimum Gasteiger partial charge on any atom is -0.407 e. The molecule has 2 heterocycles. The Balaban J connectivity index is 1.63. The van der Waals surface area contributed by atoms with E-state index in [0.29, 0.717) is 24.5 Å².